The van der Waals surface area contributed by atoms with Crippen molar-refractivity contribution < 1.29 is 14.3 Å². The number of likely N-dealkylation sites (N-methyl/N-ethyl adjacent to an activating group) is 1. The number of nitrogens with zero attached hydrogens (tertiary/aromatic N) is 4. The molecule has 3 heterocycles. The smallest absolute Gasteiger partial charge is 0.412 e. The quantitative estimate of drug-likeness (QED) is 0.781. The van der Waals surface area contributed by atoms with Crippen LogP contribution in [0.15, 0.2) is 18.6 Å². The van der Waals surface area contributed by atoms with Crippen molar-refractivity contribution in [2.45, 2.75) is 18.7 Å². The Bertz CT molecular complexity index is 492. The summed E-state index contributed by atoms with van der Waals surface area (Å²) in [6.07, 6.45) is 2.48. The van der Waals surface area contributed by atoms with Crippen LogP contribution in [-0.2, 0) is 15.0 Å². The molecule has 0 radical (unpaired) electrons. The highest BCUT2D eigenvalue weighted by Crippen LogP contribution is 2.39. The Balaban J connectivity index is 1.97. The fraction of sp³-hybridized carbons (Fsp3) is 0.615. The second-order valence-electron chi connectivity index (χ2n) is 5.19. The third-order valence-electron chi connectivity index (χ3n) is 4.14. The Morgan fingerprint density at radius 2 is 2.15 bits per heavy atom. The van der Waals surface area contributed by atoms with Crippen molar-refractivity contribution in [1.82, 2.24) is 19.8 Å². The van der Waals surface area contributed by atoms with E-state index in [-0.39, 0.29) is 12.3 Å². The van der Waals surface area contributed by atoms with Gasteiger partial charge in [-0.05, 0) is 13.0 Å². The number of rotatable bonds is 2. The predicted octanol–water partition coefficient (Wildman–Crippen LogP) is 0.432. The molecule has 0 N–H and O–H groups in total. The molecular weight excluding hydrogens is 260 g/mol. The highest BCUT2D eigenvalue weighted by Gasteiger charge is 2.54. The molecule has 0 aromatic carbocycles. The molecule has 0 saturated carbocycles. The number of amides is 1. The average Bonchev–Trinajstić information content (AvgIpc) is 2.74. The van der Waals surface area contributed by atoms with Crippen LogP contribution in [0.4, 0.5) is 4.79 Å². The molecule has 20 heavy (non-hydrogen) atoms. The van der Waals surface area contributed by atoms with Gasteiger partial charge in [-0.15, -0.1) is 0 Å². The fourth-order valence-electron chi connectivity index (χ4n) is 2.78. The number of ether oxygens (including phenoxy) is 2. The molecule has 0 aliphatic carbocycles. The maximum atomic E-state index is 12.0. The number of morpholine rings is 1. The van der Waals surface area contributed by atoms with Gasteiger partial charge in [0.05, 0.1) is 18.9 Å². The second kappa shape index (κ2) is 4.99. The van der Waals surface area contributed by atoms with Crippen molar-refractivity contribution in [3.05, 3.63) is 24.3 Å². The Morgan fingerprint density at radius 1 is 1.40 bits per heavy atom. The topological polar surface area (TPSA) is 67.8 Å². The summed E-state index contributed by atoms with van der Waals surface area (Å²) in [6, 6.07) is 1.83. The molecule has 0 spiro atoms. The predicted molar refractivity (Wildman–Crippen MR) is 69.8 cm³/mol. The molecule has 1 amide bonds. The van der Waals surface area contributed by atoms with Gasteiger partial charge in [0.1, 0.15) is 11.9 Å². The van der Waals surface area contributed by atoms with E-state index in [1.165, 1.54) is 6.33 Å². The molecule has 2 unspecified atom stereocenters. The molecule has 7 heteroatoms. The number of hydrogen-bond donors (Lipinski definition) is 0. The maximum Gasteiger partial charge on any atom is 0.412 e. The Hall–Kier alpha value is -1.73. The van der Waals surface area contributed by atoms with Gasteiger partial charge in [-0.2, -0.15) is 0 Å². The minimum Gasteiger partial charge on any atom is -0.427 e. The third kappa shape index (κ3) is 1.94. The SMILES string of the molecule is CN1C(=O)OC(N2CCOCC2)C1(C)c1ccncn1. The summed E-state index contributed by atoms with van der Waals surface area (Å²) >= 11 is 0. The summed E-state index contributed by atoms with van der Waals surface area (Å²) in [7, 11) is 1.74. The van der Waals surface area contributed by atoms with Crippen molar-refractivity contribution in [2.24, 2.45) is 0 Å². The number of carbonyl (C=O) groups is 1. The van der Waals surface area contributed by atoms with Crippen LogP contribution < -0.4 is 0 Å². The molecule has 1 aromatic heterocycles. The first-order valence-electron chi connectivity index (χ1n) is 6.67. The van der Waals surface area contributed by atoms with Crippen molar-refractivity contribution in [1.29, 1.82) is 0 Å². The zero-order valence-electron chi connectivity index (χ0n) is 11.7. The average molecular weight is 278 g/mol. The van der Waals surface area contributed by atoms with Gasteiger partial charge in [0.25, 0.3) is 0 Å². The van der Waals surface area contributed by atoms with Crippen LogP contribution >= 0.6 is 0 Å². The van der Waals surface area contributed by atoms with E-state index in [0.717, 1.165) is 18.8 Å². The van der Waals surface area contributed by atoms with E-state index < -0.39 is 5.54 Å². The summed E-state index contributed by atoms with van der Waals surface area (Å²) < 4.78 is 10.9. The first kappa shape index (κ1) is 13.3. The summed E-state index contributed by atoms with van der Waals surface area (Å²) in [6.45, 7) is 4.76. The van der Waals surface area contributed by atoms with Crippen molar-refractivity contribution >= 4 is 6.09 Å². The van der Waals surface area contributed by atoms with Crippen LogP contribution in [0.2, 0.25) is 0 Å². The number of hydrogen-bond acceptors (Lipinski definition) is 6. The minimum atomic E-state index is -0.628. The van der Waals surface area contributed by atoms with Gasteiger partial charge in [-0.25, -0.2) is 14.8 Å². The lowest BCUT2D eigenvalue weighted by Crippen LogP contribution is -2.55. The van der Waals surface area contributed by atoms with Crippen LogP contribution in [0.5, 0.6) is 0 Å². The first-order chi connectivity index (χ1) is 9.64. The summed E-state index contributed by atoms with van der Waals surface area (Å²) in [5, 5.41) is 0. The molecule has 2 aliphatic rings. The number of carbonyl (C=O) groups excluding carboxylic acids is 1. The van der Waals surface area contributed by atoms with E-state index in [1.54, 1.807) is 18.1 Å². The van der Waals surface area contributed by atoms with E-state index in [2.05, 4.69) is 14.9 Å². The van der Waals surface area contributed by atoms with E-state index >= 15 is 0 Å². The molecule has 2 saturated heterocycles. The summed E-state index contributed by atoms with van der Waals surface area (Å²) in [5.41, 5.74) is 0.148. The van der Waals surface area contributed by atoms with Gasteiger partial charge in [0.15, 0.2) is 6.23 Å². The van der Waals surface area contributed by atoms with Crippen LogP contribution in [0, 0.1) is 0 Å². The third-order valence-corrected chi connectivity index (χ3v) is 4.14. The monoisotopic (exact) mass is 278 g/mol. The lowest BCUT2D eigenvalue weighted by Gasteiger charge is -2.40. The van der Waals surface area contributed by atoms with Crippen LogP contribution in [0.25, 0.3) is 0 Å². The Labute approximate surface area is 117 Å². The Morgan fingerprint density at radius 3 is 2.80 bits per heavy atom. The number of cyclic esters (lactones) is 1. The molecule has 1 aromatic rings. The van der Waals surface area contributed by atoms with Crippen LogP contribution in [0.3, 0.4) is 0 Å². The van der Waals surface area contributed by atoms with E-state index in [9.17, 15) is 4.79 Å². The zero-order chi connectivity index (χ0) is 14.2. The zero-order valence-corrected chi connectivity index (χ0v) is 11.7. The largest absolute Gasteiger partial charge is 0.427 e. The first-order valence-corrected chi connectivity index (χ1v) is 6.67. The summed E-state index contributed by atoms with van der Waals surface area (Å²) in [5.74, 6) is 0. The molecule has 108 valence electrons. The second-order valence-corrected chi connectivity index (χ2v) is 5.19. The molecule has 2 atom stereocenters. The molecule has 0 bridgehead atoms. The van der Waals surface area contributed by atoms with E-state index in [4.69, 9.17) is 9.47 Å². The van der Waals surface area contributed by atoms with Gasteiger partial charge >= 0.3 is 6.09 Å². The Kier molecular flexibility index (Phi) is 3.31. The van der Waals surface area contributed by atoms with Gasteiger partial charge in [-0.1, -0.05) is 0 Å². The van der Waals surface area contributed by atoms with Gasteiger partial charge in [0.2, 0.25) is 0 Å². The van der Waals surface area contributed by atoms with Crippen molar-refractivity contribution in [2.75, 3.05) is 33.4 Å². The minimum absolute atomic E-state index is 0.331. The molecular formula is C13H18N4O3. The highest BCUT2D eigenvalue weighted by molar-refractivity contribution is 5.71. The highest BCUT2D eigenvalue weighted by atomic mass is 16.6. The van der Waals surface area contributed by atoms with E-state index in [1.807, 2.05) is 13.0 Å². The fourth-order valence-corrected chi connectivity index (χ4v) is 2.78. The lowest BCUT2D eigenvalue weighted by atomic mass is 9.93. The maximum absolute atomic E-state index is 12.0. The lowest BCUT2D eigenvalue weighted by molar-refractivity contribution is -0.0796. The molecule has 2 fully saturated rings. The standard InChI is InChI=1S/C13H18N4O3/c1-13(10-3-4-14-9-15-10)11(20-12(18)16(13)2)17-5-7-19-8-6-17/h3-4,9,11H,5-8H2,1-2H3. The summed E-state index contributed by atoms with van der Waals surface area (Å²) in [4.78, 5) is 24.0. The molecule has 3 rings (SSSR count). The van der Waals surface area contributed by atoms with E-state index in [0.29, 0.717) is 13.2 Å². The van der Waals surface area contributed by atoms with Crippen molar-refractivity contribution in [3.8, 4) is 0 Å². The van der Waals surface area contributed by atoms with Crippen LogP contribution in [0.1, 0.15) is 12.6 Å². The van der Waals surface area contributed by atoms with Gasteiger partial charge < -0.3 is 9.47 Å². The van der Waals surface area contributed by atoms with Crippen molar-refractivity contribution in [3.63, 3.8) is 0 Å². The van der Waals surface area contributed by atoms with Gasteiger partial charge in [-0.3, -0.25) is 9.80 Å². The van der Waals surface area contributed by atoms with Crippen LogP contribution in [-0.4, -0.2) is 65.4 Å². The number of aromatic nitrogens is 2. The van der Waals surface area contributed by atoms with Gasteiger partial charge in [0, 0.05) is 26.3 Å². The normalized spacial score (nSPS) is 31.4. The molecule has 2 aliphatic heterocycles. The molecule has 7 nitrogen and oxygen atoms in total.